The van der Waals surface area contributed by atoms with Gasteiger partial charge < -0.3 is 0 Å². The first-order valence-corrected chi connectivity index (χ1v) is 8.13. The number of hydrogen-bond acceptors (Lipinski definition) is 2. The lowest BCUT2D eigenvalue weighted by Crippen LogP contribution is -2.49. The normalized spacial score (nSPS) is 45.0. The maximum absolute atomic E-state index is 9.07. The van der Waals surface area contributed by atoms with Crippen LogP contribution in [0, 0.1) is 40.9 Å². The van der Waals surface area contributed by atoms with Crippen LogP contribution < -0.4 is 0 Å². The molecule has 0 spiro atoms. The average molecular weight is 256 g/mol. The van der Waals surface area contributed by atoms with E-state index in [0.29, 0.717) is 0 Å². The van der Waals surface area contributed by atoms with Gasteiger partial charge in [-0.15, -0.1) is 0 Å². The zero-order valence-electron chi connectivity index (χ0n) is 11.7. The monoisotopic (exact) mass is 256 g/mol. The van der Waals surface area contributed by atoms with Crippen molar-refractivity contribution in [3.63, 3.8) is 0 Å². The highest BCUT2D eigenvalue weighted by molar-refractivity contribution is 5.24. The first-order chi connectivity index (χ1) is 9.31. The van der Waals surface area contributed by atoms with Gasteiger partial charge in [0.1, 0.15) is 0 Å². The van der Waals surface area contributed by atoms with Gasteiger partial charge in [0.05, 0.1) is 6.07 Å². The molecular formula is C17H24N2. The summed E-state index contributed by atoms with van der Waals surface area (Å²) in [6.07, 6.45) is 10.8. The van der Waals surface area contributed by atoms with Crippen LogP contribution in [0.3, 0.4) is 0 Å². The molecule has 4 fully saturated rings. The summed E-state index contributed by atoms with van der Waals surface area (Å²) in [5.74, 6) is 5.15. The molecule has 0 atom stereocenters. The highest BCUT2D eigenvalue weighted by Gasteiger charge is 2.48. The van der Waals surface area contributed by atoms with Crippen molar-refractivity contribution >= 4 is 0 Å². The fraction of sp³-hybridized carbons (Fsp3) is 0.824. The minimum absolute atomic E-state index is 0.916. The second-order valence-electron chi connectivity index (χ2n) is 7.46. The predicted octanol–water partition coefficient (Wildman–Crippen LogP) is 3.21. The van der Waals surface area contributed by atoms with Gasteiger partial charge in [-0.2, -0.15) is 5.26 Å². The minimum Gasteiger partial charge on any atom is -0.298 e. The molecule has 0 radical (unpaired) electrons. The third-order valence-electron chi connectivity index (χ3n) is 6.26. The Labute approximate surface area is 116 Å². The maximum Gasteiger partial charge on any atom is 0.0957 e. The van der Waals surface area contributed by atoms with E-state index in [2.05, 4.69) is 17.0 Å². The summed E-state index contributed by atoms with van der Waals surface area (Å²) in [5, 5.41) is 9.07. The molecule has 0 saturated heterocycles. The molecule has 2 heteroatoms. The fourth-order valence-corrected chi connectivity index (χ4v) is 5.68. The highest BCUT2D eigenvalue weighted by atomic mass is 15.1. The van der Waals surface area contributed by atoms with Gasteiger partial charge in [0.15, 0.2) is 0 Å². The van der Waals surface area contributed by atoms with E-state index < -0.39 is 0 Å². The Hall–Kier alpha value is -0.810. The predicted molar refractivity (Wildman–Crippen MR) is 75.3 cm³/mol. The average Bonchev–Trinajstić information content (AvgIpc) is 2.42. The van der Waals surface area contributed by atoms with Crippen LogP contribution in [0.4, 0.5) is 0 Å². The molecule has 4 aliphatic carbocycles. The third-order valence-corrected chi connectivity index (χ3v) is 6.26. The highest BCUT2D eigenvalue weighted by Crippen LogP contribution is 2.56. The summed E-state index contributed by atoms with van der Waals surface area (Å²) in [5.41, 5.74) is 0.995. The van der Waals surface area contributed by atoms with E-state index in [9.17, 15) is 0 Å². The van der Waals surface area contributed by atoms with E-state index in [4.69, 9.17) is 5.26 Å². The summed E-state index contributed by atoms with van der Waals surface area (Å²) in [6.45, 7) is 3.36. The molecule has 5 aliphatic rings. The summed E-state index contributed by atoms with van der Waals surface area (Å²) < 4.78 is 0. The molecule has 1 aliphatic heterocycles. The number of hydrogen-bond donors (Lipinski definition) is 0. The molecule has 102 valence electrons. The van der Waals surface area contributed by atoms with E-state index in [1.54, 1.807) is 6.42 Å². The molecule has 0 unspecified atom stereocenters. The Morgan fingerprint density at radius 3 is 2.42 bits per heavy atom. The van der Waals surface area contributed by atoms with Crippen LogP contribution >= 0.6 is 0 Å². The van der Waals surface area contributed by atoms with Crippen molar-refractivity contribution in [1.82, 2.24) is 4.90 Å². The van der Waals surface area contributed by atoms with Crippen molar-refractivity contribution in [3.05, 3.63) is 11.6 Å². The Kier molecular flexibility index (Phi) is 2.92. The van der Waals surface area contributed by atoms with Crippen molar-refractivity contribution < 1.29 is 0 Å². The zero-order chi connectivity index (χ0) is 12.8. The third kappa shape index (κ3) is 2.13. The SMILES string of the molecule is N#CC1=CCCN(CC2C3CC4CC(C3)CC2C4)C1. The van der Waals surface area contributed by atoms with Gasteiger partial charge in [-0.1, -0.05) is 6.08 Å². The molecule has 5 rings (SSSR count). The quantitative estimate of drug-likeness (QED) is 0.758. The van der Waals surface area contributed by atoms with Gasteiger partial charge in [-0.3, -0.25) is 4.90 Å². The van der Waals surface area contributed by atoms with Crippen molar-refractivity contribution in [2.24, 2.45) is 29.6 Å². The molecule has 0 N–H and O–H groups in total. The minimum atomic E-state index is 0.916. The molecule has 2 nitrogen and oxygen atoms in total. The maximum atomic E-state index is 9.07. The lowest BCUT2D eigenvalue weighted by molar-refractivity contribution is -0.0483. The molecule has 19 heavy (non-hydrogen) atoms. The number of nitriles is 1. The Bertz CT molecular complexity index is 403. The molecule has 4 saturated carbocycles. The first-order valence-electron chi connectivity index (χ1n) is 8.13. The lowest BCUT2D eigenvalue weighted by Gasteiger charge is -2.55. The van der Waals surface area contributed by atoms with Crippen molar-refractivity contribution in [3.8, 4) is 6.07 Å². The van der Waals surface area contributed by atoms with E-state index in [-0.39, 0.29) is 0 Å². The Morgan fingerprint density at radius 2 is 1.79 bits per heavy atom. The molecule has 0 aromatic heterocycles. The van der Waals surface area contributed by atoms with Crippen LogP contribution in [0.15, 0.2) is 11.6 Å². The Morgan fingerprint density at radius 1 is 1.11 bits per heavy atom. The van der Waals surface area contributed by atoms with Crippen molar-refractivity contribution in [1.29, 1.82) is 5.26 Å². The van der Waals surface area contributed by atoms with E-state index in [1.807, 2.05) is 0 Å². The summed E-state index contributed by atoms with van der Waals surface area (Å²) in [6, 6.07) is 2.36. The first kappa shape index (κ1) is 12.0. The standard InChI is InChI=1S/C17H24N2/c18-9-12-2-1-3-19(10-12)11-17-15-5-13-4-14(7-15)8-16(17)6-13/h2,13-17H,1,3-8,10-11H2. The van der Waals surface area contributed by atoms with E-state index >= 15 is 0 Å². The van der Waals surface area contributed by atoms with Gasteiger partial charge >= 0.3 is 0 Å². The smallest absolute Gasteiger partial charge is 0.0957 e. The van der Waals surface area contributed by atoms with Crippen LogP contribution in [0.25, 0.3) is 0 Å². The van der Waals surface area contributed by atoms with Gasteiger partial charge in [-0.25, -0.2) is 0 Å². The van der Waals surface area contributed by atoms with E-state index in [0.717, 1.165) is 48.1 Å². The number of nitrogens with zero attached hydrogens (tertiary/aromatic N) is 2. The van der Waals surface area contributed by atoms with Crippen LogP contribution in [0.1, 0.15) is 38.5 Å². The van der Waals surface area contributed by atoms with E-state index in [1.165, 1.54) is 38.8 Å². The van der Waals surface area contributed by atoms with Gasteiger partial charge in [0.25, 0.3) is 0 Å². The molecule has 0 amide bonds. The molecule has 1 heterocycles. The van der Waals surface area contributed by atoms with Crippen molar-refractivity contribution in [2.75, 3.05) is 19.6 Å². The summed E-state index contributed by atoms with van der Waals surface area (Å²) in [7, 11) is 0. The lowest BCUT2D eigenvalue weighted by atomic mass is 9.52. The Balaban J connectivity index is 1.43. The van der Waals surface area contributed by atoms with Gasteiger partial charge in [-0.05, 0) is 68.1 Å². The number of rotatable bonds is 2. The second-order valence-corrected chi connectivity index (χ2v) is 7.46. The van der Waals surface area contributed by atoms with Crippen LogP contribution in [0.5, 0.6) is 0 Å². The van der Waals surface area contributed by atoms with Gasteiger partial charge in [0, 0.05) is 25.2 Å². The largest absolute Gasteiger partial charge is 0.298 e. The zero-order valence-corrected chi connectivity index (χ0v) is 11.7. The topological polar surface area (TPSA) is 27.0 Å². The second kappa shape index (κ2) is 4.63. The molecule has 0 aromatic carbocycles. The summed E-state index contributed by atoms with van der Waals surface area (Å²) in [4.78, 5) is 2.56. The van der Waals surface area contributed by atoms with Gasteiger partial charge in [0.2, 0.25) is 0 Å². The molecule has 4 bridgehead atoms. The fourth-order valence-electron chi connectivity index (χ4n) is 5.68. The van der Waals surface area contributed by atoms with Crippen LogP contribution in [-0.2, 0) is 0 Å². The summed E-state index contributed by atoms with van der Waals surface area (Å²) >= 11 is 0. The molecular weight excluding hydrogens is 232 g/mol. The van der Waals surface area contributed by atoms with Crippen LogP contribution in [-0.4, -0.2) is 24.5 Å². The van der Waals surface area contributed by atoms with Crippen molar-refractivity contribution in [2.45, 2.75) is 38.5 Å². The molecule has 0 aromatic rings. The van der Waals surface area contributed by atoms with Crippen LogP contribution in [0.2, 0.25) is 0 Å².